The summed E-state index contributed by atoms with van der Waals surface area (Å²) >= 11 is 0. The fourth-order valence-corrected chi connectivity index (χ4v) is 3.20. The molecule has 0 amide bonds. The lowest BCUT2D eigenvalue weighted by Gasteiger charge is -2.37. The smallest absolute Gasteiger partial charge is 0.0961 e. The first-order valence-electron chi connectivity index (χ1n) is 7.24. The first-order valence-corrected chi connectivity index (χ1v) is 7.24. The molecule has 2 aliphatic heterocycles. The van der Waals surface area contributed by atoms with Gasteiger partial charge in [-0.25, -0.2) is 0 Å². The molecule has 3 rings (SSSR count). The zero-order valence-corrected chi connectivity index (χ0v) is 11.5. The number of aliphatic hydroxyl groups is 1. The summed E-state index contributed by atoms with van der Waals surface area (Å²) < 4.78 is 7.71. The maximum Gasteiger partial charge on any atom is 0.0961 e. The van der Waals surface area contributed by atoms with Gasteiger partial charge in [-0.15, -0.1) is 0 Å². The van der Waals surface area contributed by atoms with E-state index < -0.39 is 0 Å². The van der Waals surface area contributed by atoms with Gasteiger partial charge < -0.3 is 9.84 Å². The molecule has 0 bridgehead atoms. The Morgan fingerprint density at radius 2 is 2.47 bits per heavy atom. The molecule has 2 saturated heterocycles. The maximum absolute atomic E-state index is 10.3. The molecule has 2 aliphatic rings. The van der Waals surface area contributed by atoms with Crippen LogP contribution in [0.2, 0.25) is 0 Å². The van der Waals surface area contributed by atoms with Gasteiger partial charge in [0.25, 0.3) is 0 Å². The third-order valence-electron chi connectivity index (χ3n) is 4.46. The van der Waals surface area contributed by atoms with E-state index in [1.807, 2.05) is 17.8 Å². The van der Waals surface area contributed by atoms with Crippen LogP contribution in [0.5, 0.6) is 0 Å². The van der Waals surface area contributed by atoms with Crippen molar-refractivity contribution in [2.75, 3.05) is 19.7 Å². The second-order valence-electron chi connectivity index (χ2n) is 5.71. The third-order valence-corrected chi connectivity index (χ3v) is 4.46. The number of aliphatic hydroxyl groups excluding tert-OH is 1. The standard InChI is InChI=1S/C14H23N3O2/c1-16-11(6-7-15-16)4-5-13(18)14-9-17-8-2-3-12(17)10-19-14/h6-7,12-14,18H,2-5,8-10H2,1H3. The molecule has 0 spiro atoms. The van der Waals surface area contributed by atoms with Crippen LogP contribution in [-0.2, 0) is 18.2 Å². The molecule has 106 valence electrons. The quantitative estimate of drug-likeness (QED) is 0.865. The molecule has 3 heterocycles. The van der Waals surface area contributed by atoms with Crippen molar-refractivity contribution in [3.05, 3.63) is 18.0 Å². The molecule has 0 aliphatic carbocycles. The molecule has 19 heavy (non-hydrogen) atoms. The van der Waals surface area contributed by atoms with Crippen molar-refractivity contribution in [3.8, 4) is 0 Å². The number of rotatable bonds is 4. The lowest BCUT2D eigenvalue weighted by Crippen LogP contribution is -2.50. The molecule has 5 heteroatoms. The third kappa shape index (κ3) is 2.83. The summed E-state index contributed by atoms with van der Waals surface area (Å²) in [7, 11) is 1.94. The summed E-state index contributed by atoms with van der Waals surface area (Å²) in [4.78, 5) is 2.47. The summed E-state index contributed by atoms with van der Waals surface area (Å²) in [5, 5.41) is 14.4. The molecule has 3 unspecified atom stereocenters. The number of aryl methyl sites for hydroxylation is 2. The van der Waals surface area contributed by atoms with Gasteiger partial charge in [-0.3, -0.25) is 9.58 Å². The van der Waals surface area contributed by atoms with Crippen molar-refractivity contribution < 1.29 is 9.84 Å². The summed E-state index contributed by atoms with van der Waals surface area (Å²) in [6.45, 7) is 2.84. The summed E-state index contributed by atoms with van der Waals surface area (Å²) in [6.07, 6.45) is 5.50. The van der Waals surface area contributed by atoms with E-state index in [4.69, 9.17) is 4.74 Å². The minimum Gasteiger partial charge on any atom is -0.390 e. The molecule has 2 fully saturated rings. The minimum absolute atomic E-state index is 0.0254. The Kier molecular flexibility index (Phi) is 3.86. The topological polar surface area (TPSA) is 50.5 Å². The Morgan fingerprint density at radius 3 is 3.26 bits per heavy atom. The van der Waals surface area contributed by atoms with E-state index in [0.29, 0.717) is 6.04 Å². The van der Waals surface area contributed by atoms with Crippen LogP contribution >= 0.6 is 0 Å². The Bertz CT molecular complexity index is 421. The zero-order valence-electron chi connectivity index (χ0n) is 11.5. The van der Waals surface area contributed by atoms with Gasteiger partial charge in [-0.2, -0.15) is 5.10 Å². The fourth-order valence-electron chi connectivity index (χ4n) is 3.20. The highest BCUT2D eigenvalue weighted by Gasteiger charge is 2.34. The summed E-state index contributed by atoms with van der Waals surface area (Å²) in [5.74, 6) is 0. The first kappa shape index (κ1) is 13.1. The SMILES string of the molecule is Cn1nccc1CCC(O)C1CN2CCCC2CO1. The van der Waals surface area contributed by atoms with E-state index in [1.54, 1.807) is 6.20 Å². The molecule has 0 aromatic carbocycles. The average Bonchev–Trinajstić information content (AvgIpc) is 3.03. The first-order chi connectivity index (χ1) is 9.24. The highest BCUT2D eigenvalue weighted by molar-refractivity contribution is 5.00. The highest BCUT2D eigenvalue weighted by atomic mass is 16.5. The number of ether oxygens (including phenoxy) is 1. The van der Waals surface area contributed by atoms with E-state index in [9.17, 15) is 5.11 Å². The maximum atomic E-state index is 10.3. The van der Waals surface area contributed by atoms with E-state index >= 15 is 0 Å². The van der Waals surface area contributed by atoms with Crippen LogP contribution in [0.4, 0.5) is 0 Å². The Labute approximate surface area is 114 Å². The van der Waals surface area contributed by atoms with Crippen LogP contribution in [0.1, 0.15) is 25.0 Å². The fraction of sp³-hybridized carbons (Fsp3) is 0.786. The molecule has 5 nitrogen and oxygen atoms in total. The number of nitrogens with zero attached hydrogens (tertiary/aromatic N) is 3. The number of morpholine rings is 1. The van der Waals surface area contributed by atoms with E-state index in [0.717, 1.165) is 31.7 Å². The predicted octanol–water partition coefficient (Wildman–Crippen LogP) is 0.577. The Hall–Kier alpha value is -0.910. The van der Waals surface area contributed by atoms with Gasteiger partial charge >= 0.3 is 0 Å². The van der Waals surface area contributed by atoms with Crippen LogP contribution in [0.15, 0.2) is 12.3 Å². The Morgan fingerprint density at radius 1 is 1.58 bits per heavy atom. The van der Waals surface area contributed by atoms with Gasteiger partial charge in [0.1, 0.15) is 0 Å². The van der Waals surface area contributed by atoms with Gasteiger partial charge in [0.15, 0.2) is 0 Å². The van der Waals surface area contributed by atoms with E-state index in [-0.39, 0.29) is 12.2 Å². The highest BCUT2D eigenvalue weighted by Crippen LogP contribution is 2.24. The van der Waals surface area contributed by atoms with Crippen LogP contribution in [0.25, 0.3) is 0 Å². The number of fused-ring (bicyclic) bond motifs is 1. The van der Waals surface area contributed by atoms with Gasteiger partial charge in [0.2, 0.25) is 0 Å². The molecule has 0 radical (unpaired) electrons. The van der Waals surface area contributed by atoms with Gasteiger partial charge in [-0.05, 0) is 38.3 Å². The lowest BCUT2D eigenvalue weighted by molar-refractivity contribution is -0.103. The van der Waals surface area contributed by atoms with Gasteiger partial charge in [-0.1, -0.05) is 0 Å². The van der Waals surface area contributed by atoms with Crippen LogP contribution in [-0.4, -0.2) is 57.7 Å². The van der Waals surface area contributed by atoms with Crippen molar-refractivity contribution in [2.45, 2.75) is 43.9 Å². The average molecular weight is 265 g/mol. The van der Waals surface area contributed by atoms with Crippen molar-refractivity contribution in [3.63, 3.8) is 0 Å². The van der Waals surface area contributed by atoms with Crippen molar-refractivity contribution >= 4 is 0 Å². The molecule has 1 N–H and O–H groups in total. The molecule has 1 aromatic heterocycles. The molecule has 1 aromatic rings. The summed E-state index contributed by atoms with van der Waals surface area (Å²) in [6, 6.07) is 2.60. The van der Waals surface area contributed by atoms with Crippen LogP contribution < -0.4 is 0 Å². The molecule has 0 saturated carbocycles. The van der Waals surface area contributed by atoms with Crippen molar-refractivity contribution in [1.29, 1.82) is 0 Å². The normalized spacial score (nSPS) is 29.4. The molecular weight excluding hydrogens is 242 g/mol. The Balaban J connectivity index is 1.50. The second-order valence-corrected chi connectivity index (χ2v) is 5.71. The van der Waals surface area contributed by atoms with Crippen LogP contribution in [0.3, 0.4) is 0 Å². The number of hydrogen-bond acceptors (Lipinski definition) is 4. The number of hydrogen-bond donors (Lipinski definition) is 1. The van der Waals surface area contributed by atoms with Gasteiger partial charge in [0, 0.05) is 31.5 Å². The van der Waals surface area contributed by atoms with E-state index in [2.05, 4.69) is 10.00 Å². The minimum atomic E-state index is -0.378. The zero-order chi connectivity index (χ0) is 13.2. The van der Waals surface area contributed by atoms with Gasteiger partial charge in [0.05, 0.1) is 18.8 Å². The van der Waals surface area contributed by atoms with Crippen molar-refractivity contribution in [2.24, 2.45) is 7.05 Å². The largest absolute Gasteiger partial charge is 0.390 e. The van der Waals surface area contributed by atoms with Crippen molar-refractivity contribution in [1.82, 2.24) is 14.7 Å². The lowest BCUT2D eigenvalue weighted by atomic mass is 10.0. The van der Waals surface area contributed by atoms with Crippen LogP contribution in [0, 0.1) is 0 Å². The monoisotopic (exact) mass is 265 g/mol. The molecular formula is C14H23N3O2. The van der Waals surface area contributed by atoms with E-state index in [1.165, 1.54) is 19.4 Å². The second kappa shape index (κ2) is 5.61. The summed E-state index contributed by atoms with van der Waals surface area (Å²) in [5.41, 5.74) is 1.16. The predicted molar refractivity (Wildman–Crippen MR) is 71.9 cm³/mol. The number of aromatic nitrogens is 2. The molecule has 3 atom stereocenters.